The molecule has 5 heteroatoms. The molecule has 146 valence electrons. The topological polar surface area (TPSA) is 63.6 Å². The molecular weight excluding hydrogens is 359 g/mol. The number of allylic oxidation sites excluding steroid dienone is 2. The molecule has 0 saturated carbocycles. The average molecular weight is 382 g/mol. The zero-order valence-electron chi connectivity index (χ0n) is 15.9. The van der Waals surface area contributed by atoms with Crippen molar-refractivity contribution in [1.29, 1.82) is 0 Å². The summed E-state index contributed by atoms with van der Waals surface area (Å²) < 4.78 is 18.5. The Balaban J connectivity index is 2.10. The number of carbonyl (C=O) groups is 2. The lowest BCUT2D eigenvalue weighted by Gasteiger charge is -2.10. The highest BCUT2D eigenvalue weighted by Gasteiger charge is 2.10. The first-order chi connectivity index (χ1) is 13.3. The fraction of sp³-hybridized carbons (Fsp3) is 0.217. The molecule has 2 aromatic carbocycles. The molecule has 4 nitrogen and oxygen atoms in total. The highest BCUT2D eigenvalue weighted by molar-refractivity contribution is 5.85. The largest absolute Gasteiger partial charge is 0.478 e. The Hall–Kier alpha value is -3.21. The molecule has 0 unspecified atom stereocenters. The number of aryl methyl sites for hydroxylation is 1. The van der Waals surface area contributed by atoms with Crippen LogP contribution < -0.4 is 4.74 Å². The maximum atomic E-state index is 12.9. The Bertz CT molecular complexity index is 891. The van der Waals surface area contributed by atoms with Gasteiger partial charge in [0.05, 0.1) is 0 Å². The van der Waals surface area contributed by atoms with E-state index in [4.69, 9.17) is 9.84 Å². The van der Waals surface area contributed by atoms with E-state index in [1.807, 2.05) is 26.0 Å². The van der Waals surface area contributed by atoms with Crippen LogP contribution in [0.1, 0.15) is 37.0 Å². The number of aliphatic carboxylic acids is 1. The lowest BCUT2D eigenvalue weighted by molar-refractivity contribution is -0.134. The highest BCUT2D eigenvalue weighted by Crippen LogP contribution is 2.23. The van der Waals surface area contributed by atoms with Crippen molar-refractivity contribution in [3.8, 4) is 5.75 Å². The first kappa shape index (κ1) is 21.1. The van der Waals surface area contributed by atoms with Crippen molar-refractivity contribution in [2.24, 2.45) is 0 Å². The fourth-order valence-electron chi connectivity index (χ4n) is 2.51. The maximum Gasteiger partial charge on any atom is 0.328 e. The van der Waals surface area contributed by atoms with Crippen molar-refractivity contribution in [1.82, 2.24) is 0 Å². The van der Waals surface area contributed by atoms with Gasteiger partial charge < -0.3 is 9.84 Å². The Morgan fingerprint density at radius 2 is 1.82 bits per heavy atom. The number of esters is 1. The molecule has 0 bridgehead atoms. The number of carboxylic acid groups (broad SMARTS) is 1. The molecule has 0 aliphatic carbocycles. The summed E-state index contributed by atoms with van der Waals surface area (Å²) in [6, 6.07) is 11.2. The Kier molecular flexibility index (Phi) is 7.69. The maximum absolute atomic E-state index is 12.9. The lowest BCUT2D eigenvalue weighted by Crippen LogP contribution is -2.10. The third-order valence-corrected chi connectivity index (χ3v) is 3.99. The molecule has 0 fully saturated rings. The molecule has 0 saturated heterocycles. The van der Waals surface area contributed by atoms with Gasteiger partial charge in [-0.2, -0.15) is 0 Å². The number of carboxylic acids is 1. The Morgan fingerprint density at radius 3 is 2.46 bits per heavy atom. The minimum absolute atomic E-state index is 0.175. The van der Waals surface area contributed by atoms with Gasteiger partial charge in [0.2, 0.25) is 0 Å². The van der Waals surface area contributed by atoms with Crippen molar-refractivity contribution >= 4 is 18.0 Å². The van der Waals surface area contributed by atoms with Crippen LogP contribution in [0, 0.1) is 5.82 Å². The smallest absolute Gasteiger partial charge is 0.328 e. The van der Waals surface area contributed by atoms with Gasteiger partial charge in [0, 0.05) is 12.5 Å². The summed E-state index contributed by atoms with van der Waals surface area (Å²) in [5.74, 6) is -1.26. The van der Waals surface area contributed by atoms with Gasteiger partial charge in [0.15, 0.2) is 0 Å². The van der Waals surface area contributed by atoms with Crippen LogP contribution >= 0.6 is 0 Å². The van der Waals surface area contributed by atoms with Crippen LogP contribution in [0.2, 0.25) is 0 Å². The quantitative estimate of drug-likeness (QED) is 0.303. The van der Waals surface area contributed by atoms with E-state index in [2.05, 4.69) is 0 Å². The molecule has 0 aromatic heterocycles. The summed E-state index contributed by atoms with van der Waals surface area (Å²) in [4.78, 5) is 22.9. The van der Waals surface area contributed by atoms with Crippen molar-refractivity contribution in [2.75, 3.05) is 0 Å². The van der Waals surface area contributed by atoms with Gasteiger partial charge in [0.25, 0.3) is 0 Å². The second kappa shape index (κ2) is 10.2. The van der Waals surface area contributed by atoms with Crippen LogP contribution in [-0.4, -0.2) is 17.0 Å². The van der Waals surface area contributed by atoms with Gasteiger partial charge in [-0.25, -0.2) is 9.18 Å². The first-order valence-corrected chi connectivity index (χ1v) is 8.96. The first-order valence-electron chi connectivity index (χ1n) is 8.96. The third-order valence-electron chi connectivity index (χ3n) is 3.99. The van der Waals surface area contributed by atoms with Gasteiger partial charge in [-0.05, 0) is 73.7 Å². The van der Waals surface area contributed by atoms with Gasteiger partial charge in [-0.3, -0.25) is 4.79 Å². The van der Waals surface area contributed by atoms with Crippen molar-refractivity contribution in [3.63, 3.8) is 0 Å². The predicted octanol–water partition coefficient (Wildman–Crippen LogP) is 4.97. The molecule has 28 heavy (non-hydrogen) atoms. The van der Waals surface area contributed by atoms with Gasteiger partial charge in [-0.15, -0.1) is 0 Å². The lowest BCUT2D eigenvalue weighted by atomic mass is 10.0. The molecule has 0 heterocycles. The summed E-state index contributed by atoms with van der Waals surface area (Å²) in [6.45, 7) is 3.95. The third kappa shape index (κ3) is 7.19. The molecular formula is C23H23FO4. The summed E-state index contributed by atoms with van der Waals surface area (Å²) >= 11 is 0. The zero-order valence-corrected chi connectivity index (χ0v) is 15.9. The summed E-state index contributed by atoms with van der Waals surface area (Å²) in [5.41, 5.74) is 3.49. The second-order valence-electron chi connectivity index (χ2n) is 6.62. The minimum atomic E-state index is -1.03. The number of rotatable bonds is 8. The van der Waals surface area contributed by atoms with Gasteiger partial charge in [0.1, 0.15) is 11.6 Å². The van der Waals surface area contributed by atoms with E-state index in [-0.39, 0.29) is 18.2 Å². The predicted molar refractivity (Wildman–Crippen MR) is 107 cm³/mol. The van der Waals surface area contributed by atoms with E-state index in [0.717, 1.165) is 22.8 Å². The van der Waals surface area contributed by atoms with E-state index in [9.17, 15) is 14.0 Å². The fourth-order valence-corrected chi connectivity index (χ4v) is 2.51. The molecule has 2 rings (SSSR count). The standard InChI is InChI=1S/C23H23FO4/c1-16(2)3-9-19-15-18(7-13-22(25)26)6-12-21(19)28-23(27)14-8-17-4-10-20(24)11-5-17/h3-7,10-13,15H,8-9,14H2,1-2H3,(H,25,26)/b13-7+. The molecule has 0 amide bonds. The summed E-state index contributed by atoms with van der Waals surface area (Å²) in [6.07, 6.45) is 5.77. The van der Waals surface area contributed by atoms with Crippen molar-refractivity contribution < 1.29 is 23.8 Å². The molecule has 0 spiro atoms. The molecule has 0 aliphatic rings. The molecule has 0 radical (unpaired) electrons. The summed E-state index contributed by atoms with van der Waals surface area (Å²) in [5, 5.41) is 8.78. The van der Waals surface area contributed by atoms with E-state index in [1.165, 1.54) is 18.2 Å². The zero-order chi connectivity index (χ0) is 20.5. The van der Waals surface area contributed by atoms with E-state index >= 15 is 0 Å². The number of carbonyl (C=O) groups excluding carboxylic acids is 1. The van der Waals surface area contributed by atoms with Crippen LogP contribution in [-0.2, 0) is 22.4 Å². The monoisotopic (exact) mass is 382 g/mol. The number of hydrogen-bond acceptors (Lipinski definition) is 3. The van der Waals surface area contributed by atoms with Crippen molar-refractivity contribution in [2.45, 2.75) is 33.1 Å². The van der Waals surface area contributed by atoms with Crippen LogP contribution in [0.4, 0.5) is 4.39 Å². The Morgan fingerprint density at radius 1 is 1.11 bits per heavy atom. The number of halogens is 1. The number of benzene rings is 2. The molecule has 1 N–H and O–H groups in total. The average Bonchev–Trinajstić information content (AvgIpc) is 2.65. The molecule has 2 aromatic rings. The number of ether oxygens (including phenoxy) is 1. The molecule has 0 atom stereocenters. The SMILES string of the molecule is CC(C)=CCc1cc(/C=C/C(=O)O)ccc1OC(=O)CCc1ccc(F)cc1. The van der Waals surface area contributed by atoms with Crippen molar-refractivity contribution in [3.05, 3.63) is 82.7 Å². The minimum Gasteiger partial charge on any atom is -0.478 e. The van der Waals surface area contributed by atoms with E-state index < -0.39 is 5.97 Å². The molecule has 0 aliphatic heterocycles. The van der Waals surface area contributed by atoms with Crippen LogP contribution in [0.15, 0.2) is 60.2 Å². The van der Waals surface area contributed by atoms with E-state index in [0.29, 0.717) is 24.2 Å². The van der Waals surface area contributed by atoms with Crippen LogP contribution in [0.5, 0.6) is 5.75 Å². The van der Waals surface area contributed by atoms with Crippen LogP contribution in [0.25, 0.3) is 6.08 Å². The Labute approximate surface area is 164 Å². The summed E-state index contributed by atoms with van der Waals surface area (Å²) in [7, 11) is 0. The number of hydrogen-bond donors (Lipinski definition) is 1. The second-order valence-corrected chi connectivity index (χ2v) is 6.62. The van der Waals surface area contributed by atoms with E-state index in [1.54, 1.807) is 24.3 Å². The van der Waals surface area contributed by atoms with Crippen LogP contribution in [0.3, 0.4) is 0 Å². The normalized spacial score (nSPS) is 10.7. The van der Waals surface area contributed by atoms with Gasteiger partial charge in [-0.1, -0.05) is 29.8 Å². The van der Waals surface area contributed by atoms with Gasteiger partial charge >= 0.3 is 11.9 Å². The highest BCUT2D eigenvalue weighted by atomic mass is 19.1.